The number of guanidine groups is 1. The standard InChI is InChI=1S/C20H34FN5/c1-4-22-20(23-10-9-18-7-6-8-19(21)15-18)24-16-17(3)26-13-11-25(5-2)12-14-26/h6-8,15,17H,4-5,9-14,16H2,1-3H3,(H2,22,23,24). The molecule has 2 rings (SSSR count). The average Bonchev–Trinajstić information content (AvgIpc) is 2.66. The van der Waals surface area contributed by atoms with Crippen LogP contribution in [0.1, 0.15) is 26.3 Å². The normalized spacial score (nSPS) is 17.9. The molecule has 1 saturated heterocycles. The zero-order valence-corrected chi connectivity index (χ0v) is 16.5. The van der Waals surface area contributed by atoms with E-state index in [-0.39, 0.29) is 5.82 Å². The van der Waals surface area contributed by atoms with E-state index in [0.717, 1.165) is 70.3 Å². The summed E-state index contributed by atoms with van der Waals surface area (Å²) in [4.78, 5) is 9.75. The molecule has 1 unspecified atom stereocenters. The molecule has 26 heavy (non-hydrogen) atoms. The molecule has 0 radical (unpaired) electrons. The second-order valence-corrected chi connectivity index (χ2v) is 6.85. The first-order valence-corrected chi connectivity index (χ1v) is 9.85. The number of rotatable bonds is 8. The van der Waals surface area contributed by atoms with Crippen molar-refractivity contribution in [3.63, 3.8) is 0 Å². The van der Waals surface area contributed by atoms with Gasteiger partial charge < -0.3 is 15.5 Å². The van der Waals surface area contributed by atoms with Crippen molar-refractivity contribution in [1.82, 2.24) is 20.4 Å². The molecule has 5 nitrogen and oxygen atoms in total. The number of hydrogen-bond acceptors (Lipinski definition) is 3. The fourth-order valence-electron chi connectivity index (χ4n) is 3.22. The Bertz CT molecular complexity index is 555. The fraction of sp³-hybridized carbons (Fsp3) is 0.650. The zero-order valence-electron chi connectivity index (χ0n) is 16.5. The monoisotopic (exact) mass is 363 g/mol. The molecule has 146 valence electrons. The lowest BCUT2D eigenvalue weighted by Crippen LogP contribution is -2.50. The van der Waals surface area contributed by atoms with E-state index >= 15 is 0 Å². The Hall–Kier alpha value is -1.66. The largest absolute Gasteiger partial charge is 0.357 e. The summed E-state index contributed by atoms with van der Waals surface area (Å²) in [5.41, 5.74) is 0.996. The van der Waals surface area contributed by atoms with Gasteiger partial charge in [0.2, 0.25) is 0 Å². The Morgan fingerprint density at radius 2 is 1.96 bits per heavy atom. The van der Waals surface area contributed by atoms with Crippen molar-refractivity contribution in [3.8, 4) is 0 Å². The minimum absolute atomic E-state index is 0.180. The van der Waals surface area contributed by atoms with Crippen LogP contribution in [-0.2, 0) is 6.42 Å². The molecule has 0 aliphatic carbocycles. The van der Waals surface area contributed by atoms with Gasteiger partial charge in [-0.15, -0.1) is 0 Å². The molecule has 1 aliphatic rings. The number of benzene rings is 1. The lowest BCUT2D eigenvalue weighted by atomic mass is 10.1. The third kappa shape index (κ3) is 6.92. The maximum absolute atomic E-state index is 13.2. The lowest BCUT2D eigenvalue weighted by molar-refractivity contribution is 0.109. The van der Waals surface area contributed by atoms with Gasteiger partial charge in [0, 0.05) is 45.3 Å². The van der Waals surface area contributed by atoms with Gasteiger partial charge >= 0.3 is 0 Å². The number of halogens is 1. The minimum atomic E-state index is -0.180. The van der Waals surface area contributed by atoms with Crippen molar-refractivity contribution in [1.29, 1.82) is 0 Å². The molecule has 1 aromatic carbocycles. The van der Waals surface area contributed by atoms with Crippen molar-refractivity contribution >= 4 is 5.96 Å². The molecule has 0 bridgehead atoms. The zero-order chi connectivity index (χ0) is 18.8. The quantitative estimate of drug-likeness (QED) is 0.547. The Morgan fingerprint density at radius 1 is 1.19 bits per heavy atom. The highest BCUT2D eigenvalue weighted by Crippen LogP contribution is 2.06. The maximum Gasteiger partial charge on any atom is 0.191 e. The first kappa shape index (κ1) is 20.6. The summed E-state index contributed by atoms with van der Waals surface area (Å²) in [6, 6.07) is 7.21. The average molecular weight is 364 g/mol. The van der Waals surface area contributed by atoms with Gasteiger partial charge in [0.15, 0.2) is 5.96 Å². The van der Waals surface area contributed by atoms with Crippen LogP contribution in [0.2, 0.25) is 0 Å². The summed E-state index contributed by atoms with van der Waals surface area (Å²) in [7, 11) is 0. The molecule has 2 N–H and O–H groups in total. The molecular formula is C20H34FN5. The Balaban J connectivity index is 1.78. The highest BCUT2D eigenvalue weighted by atomic mass is 19.1. The van der Waals surface area contributed by atoms with Crippen molar-refractivity contribution < 1.29 is 4.39 Å². The lowest BCUT2D eigenvalue weighted by Gasteiger charge is -2.37. The van der Waals surface area contributed by atoms with Crippen molar-refractivity contribution in [2.75, 3.05) is 52.4 Å². The summed E-state index contributed by atoms with van der Waals surface area (Å²) in [5.74, 6) is 0.656. The predicted molar refractivity (Wildman–Crippen MR) is 107 cm³/mol. The molecule has 0 saturated carbocycles. The molecule has 1 atom stereocenters. The van der Waals surface area contributed by atoms with Gasteiger partial charge in [-0.25, -0.2) is 4.39 Å². The molecule has 1 heterocycles. The van der Waals surface area contributed by atoms with Gasteiger partial charge in [-0.1, -0.05) is 19.1 Å². The highest BCUT2D eigenvalue weighted by Gasteiger charge is 2.19. The van der Waals surface area contributed by atoms with Crippen molar-refractivity contribution in [2.45, 2.75) is 33.2 Å². The van der Waals surface area contributed by atoms with Crippen molar-refractivity contribution in [2.24, 2.45) is 4.99 Å². The number of nitrogens with zero attached hydrogens (tertiary/aromatic N) is 3. The summed E-state index contributed by atoms with van der Waals surface area (Å²) in [6.07, 6.45) is 0.775. The SMILES string of the molecule is CCNC(=NCC(C)N1CCN(CC)CC1)NCCc1cccc(F)c1. The second kappa shape index (κ2) is 11.1. The van der Waals surface area contributed by atoms with Gasteiger partial charge in [0.25, 0.3) is 0 Å². The third-order valence-corrected chi connectivity index (χ3v) is 4.93. The fourth-order valence-corrected chi connectivity index (χ4v) is 3.22. The summed E-state index contributed by atoms with van der Waals surface area (Å²) >= 11 is 0. The van der Waals surface area contributed by atoms with E-state index < -0.39 is 0 Å². The number of likely N-dealkylation sites (N-methyl/N-ethyl adjacent to an activating group) is 1. The van der Waals surface area contributed by atoms with Crippen LogP contribution in [0.15, 0.2) is 29.3 Å². The minimum Gasteiger partial charge on any atom is -0.357 e. The first-order chi connectivity index (χ1) is 12.6. The molecule has 0 amide bonds. The van der Waals surface area contributed by atoms with Crippen LogP contribution < -0.4 is 10.6 Å². The van der Waals surface area contributed by atoms with Gasteiger partial charge in [-0.2, -0.15) is 0 Å². The summed E-state index contributed by atoms with van der Waals surface area (Å²) in [5, 5.41) is 6.65. The first-order valence-electron chi connectivity index (χ1n) is 9.85. The van der Waals surface area contributed by atoms with E-state index in [1.54, 1.807) is 12.1 Å². The van der Waals surface area contributed by atoms with Gasteiger partial charge in [0.1, 0.15) is 5.82 Å². The van der Waals surface area contributed by atoms with Gasteiger partial charge in [0.05, 0.1) is 6.54 Å². The number of piperazine rings is 1. The van der Waals surface area contributed by atoms with Crippen LogP contribution in [0.5, 0.6) is 0 Å². The summed E-state index contributed by atoms with van der Waals surface area (Å²) < 4.78 is 13.2. The van der Waals surface area contributed by atoms with E-state index in [9.17, 15) is 4.39 Å². The van der Waals surface area contributed by atoms with Crippen LogP contribution in [-0.4, -0.2) is 74.2 Å². The number of hydrogen-bond donors (Lipinski definition) is 2. The highest BCUT2D eigenvalue weighted by molar-refractivity contribution is 5.79. The van der Waals surface area contributed by atoms with E-state index in [0.29, 0.717) is 6.04 Å². The molecule has 0 spiro atoms. The third-order valence-electron chi connectivity index (χ3n) is 4.93. The van der Waals surface area contributed by atoms with Crippen LogP contribution in [0.3, 0.4) is 0 Å². The summed E-state index contributed by atoms with van der Waals surface area (Å²) in [6.45, 7) is 14.6. The Morgan fingerprint density at radius 3 is 2.62 bits per heavy atom. The second-order valence-electron chi connectivity index (χ2n) is 6.85. The van der Waals surface area contributed by atoms with Crippen LogP contribution in [0.4, 0.5) is 4.39 Å². The van der Waals surface area contributed by atoms with Crippen molar-refractivity contribution in [3.05, 3.63) is 35.6 Å². The van der Waals surface area contributed by atoms with E-state index in [2.05, 4.69) is 41.2 Å². The topological polar surface area (TPSA) is 42.9 Å². The smallest absolute Gasteiger partial charge is 0.191 e. The Labute approximate surface area is 157 Å². The Kier molecular flexibility index (Phi) is 8.85. The maximum atomic E-state index is 13.2. The number of nitrogens with one attached hydrogen (secondary N) is 2. The van der Waals surface area contributed by atoms with Gasteiger partial charge in [-0.05, 0) is 44.5 Å². The molecule has 1 fully saturated rings. The molecule has 6 heteroatoms. The number of aliphatic imine (C=N–C) groups is 1. The van der Waals surface area contributed by atoms with Crippen LogP contribution in [0, 0.1) is 5.82 Å². The molecule has 0 aromatic heterocycles. The van der Waals surface area contributed by atoms with Crippen LogP contribution >= 0.6 is 0 Å². The van der Waals surface area contributed by atoms with Crippen LogP contribution in [0.25, 0.3) is 0 Å². The molecule has 1 aliphatic heterocycles. The van der Waals surface area contributed by atoms with E-state index in [1.165, 1.54) is 6.07 Å². The predicted octanol–water partition coefficient (Wildman–Crippen LogP) is 1.95. The molecule has 1 aromatic rings. The molecular weight excluding hydrogens is 329 g/mol. The van der Waals surface area contributed by atoms with Gasteiger partial charge in [-0.3, -0.25) is 9.89 Å². The van der Waals surface area contributed by atoms with E-state index in [1.807, 2.05) is 6.07 Å². The van der Waals surface area contributed by atoms with E-state index in [4.69, 9.17) is 4.99 Å².